The number of hydrogen-bond donors (Lipinski definition) is 1. The third-order valence-corrected chi connectivity index (χ3v) is 4.82. The molecule has 106 valence electrons. The predicted octanol–water partition coefficient (Wildman–Crippen LogP) is 2.29. The van der Waals surface area contributed by atoms with E-state index in [0.29, 0.717) is 28.7 Å². The Balaban J connectivity index is 2.96. The van der Waals surface area contributed by atoms with Gasteiger partial charge in [0, 0.05) is 23.8 Å². The van der Waals surface area contributed by atoms with Crippen molar-refractivity contribution >= 4 is 34.0 Å². The Morgan fingerprint density at radius 1 is 1.42 bits per heavy atom. The molecule has 19 heavy (non-hydrogen) atoms. The van der Waals surface area contributed by atoms with Crippen molar-refractivity contribution < 1.29 is 9.00 Å². The largest absolute Gasteiger partial charge is 0.398 e. The second-order valence-corrected chi connectivity index (χ2v) is 6.31. The summed E-state index contributed by atoms with van der Waals surface area (Å²) >= 11 is 5.80. The van der Waals surface area contributed by atoms with Gasteiger partial charge in [-0.1, -0.05) is 11.6 Å². The monoisotopic (exact) mass is 302 g/mol. The number of rotatable bonds is 5. The number of nitrogen functional groups attached to an aromatic ring is 1. The van der Waals surface area contributed by atoms with Gasteiger partial charge in [0.1, 0.15) is 5.25 Å². The second-order valence-electron chi connectivity index (χ2n) is 4.13. The maximum atomic E-state index is 12.4. The highest BCUT2D eigenvalue weighted by atomic mass is 35.5. The van der Waals surface area contributed by atoms with Crippen molar-refractivity contribution in [3.63, 3.8) is 0 Å². The minimum absolute atomic E-state index is 0.127. The van der Waals surface area contributed by atoms with E-state index in [1.807, 2.05) is 13.8 Å². The number of carbonyl (C=O) groups is 1. The lowest BCUT2D eigenvalue weighted by Gasteiger charge is -2.22. The van der Waals surface area contributed by atoms with Gasteiger partial charge in [-0.05, 0) is 39.0 Å². The Morgan fingerprint density at radius 3 is 2.47 bits per heavy atom. The van der Waals surface area contributed by atoms with Crippen molar-refractivity contribution in [2.45, 2.75) is 30.9 Å². The SMILES string of the molecule is CCN(CC)C(=O)C(C)S(=O)c1ccc(Cl)cc1N. The summed E-state index contributed by atoms with van der Waals surface area (Å²) in [4.78, 5) is 14.3. The van der Waals surface area contributed by atoms with E-state index >= 15 is 0 Å². The molecule has 0 aromatic heterocycles. The van der Waals surface area contributed by atoms with Gasteiger partial charge in [-0.2, -0.15) is 0 Å². The van der Waals surface area contributed by atoms with Crippen molar-refractivity contribution in [1.29, 1.82) is 0 Å². The molecule has 6 heteroatoms. The molecule has 0 aliphatic heterocycles. The predicted molar refractivity (Wildman–Crippen MR) is 79.7 cm³/mol. The van der Waals surface area contributed by atoms with Gasteiger partial charge in [-0.3, -0.25) is 9.00 Å². The zero-order chi connectivity index (χ0) is 14.6. The van der Waals surface area contributed by atoms with Crippen molar-refractivity contribution in [2.24, 2.45) is 0 Å². The molecule has 0 radical (unpaired) electrons. The van der Waals surface area contributed by atoms with Gasteiger partial charge in [0.25, 0.3) is 0 Å². The van der Waals surface area contributed by atoms with E-state index in [2.05, 4.69) is 0 Å². The van der Waals surface area contributed by atoms with E-state index in [0.717, 1.165) is 0 Å². The highest BCUT2D eigenvalue weighted by molar-refractivity contribution is 7.86. The Morgan fingerprint density at radius 2 is 2.00 bits per heavy atom. The molecule has 0 fully saturated rings. The first-order valence-electron chi connectivity index (χ1n) is 6.16. The Labute approximate surface area is 121 Å². The minimum Gasteiger partial charge on any atom is -0.398 e. The summed E-state index contributed by atoms with van der Waals surface area (Å²) in [6.45, 7) is 6.66. The summed E-state index contributed by atoms with van der Waals surface area (Å²) in [5.74, 6) is -0.127. The van der Waals surface area contributed by atoms with Gasteiger partial charge in [0.05, 0.1) is 15.7 Å². The summed E-state index contributed by atoms with van der Waals surface area (Å²) in [6.07, 6.45) is 0. The Hall–Kier alpha value is -1.07. The van der Waals surface area contributed by atoms with Crippen LogP contribution in [-0.2, 0) is 15.6 Å². The van der Waals surface area contributed by atoms with E-state index in [9.17, 15) is 9.00 Å². The van der Waals surface area contributed by atoms with Crippen molar-refractivity contribution in [3.8, 4) is 0 Å². The zero-order valence-electron chi connectivity index (χ0n) is 11.4. The third kappa shape index (κ3) is 3.70. The highest BCUT2D eigenvalue weighted by Crippen LogP contribution is 2.23. The molecule has 1 amide bonds. The van der Waals surface area contributed by atoms with Crippen LogP contribution >= 0.6 is 11.6 Å². The summed E-state index contributed by atoms with van der Waals surface area (Å²) in [7, 11) is -1.48. The zero-order valence-corrected chi connectivity index (χ0v) is 12.9. The molecule has 0 heterocycles. The molecule has 0 saturated heterocycles. The first-order chi connectivity index (χ1) is 8.92. The van der Waals surface area contributed by atoms with Crippen LogP contribution in [0.4, 0.5) is 5.69 Å². The summed E-state index contributed by atoms with van der Waals surface area (Å²) < 4.78 is 12.4. The van der Waals surface area contributed by atoms with Crippen LogP contribution < -0.4 is 5.73 Å². The normalized spacial score (nSPS) is 13.9. The number of nitrogens with two attached hydrogens (primary N) is 1. The standard InChI is InChI=1S/C13H19ClN2O2S/c1-4-16(5-2)13(17)9(3)19(18)12-7-6-10(14)8-11(12)15/h6-9H,4-5,15H2,1-3H3. The molecule has 0 aliphatic carbocycles. The van der Waals surface area contributed by atoms with E-state index < -0.39 is 16.0 Å². The van der Waals surface area contributed by atoms with Crippen LogP contribution in [0.25, 0.3) is 0 Å². The third-order valence-electron chi connectivity index (χ3n) is 2.93. The summed E-state index contributed by atoms with van der Waals surface area (Å²) in [5.41, 5.74) is 6.15. The number of nitrogens with zero attached hydrogens (tertiary/aromatic N) is 1. The fourth-order valence-electron chi connectivity index (χ4n) is 1.78. The van der Waals surface area contributed by atoms with Crippen LogP contribution in [-0.4, -0.2) is 33.4 Å². The maximum Gasteiger partial charge on any atom is 0.238 e. The average molecular weight is 303 g/mol. The number of hydrogen-bond acceptors (Lipinski definition) is 3. The van der Waals surface area contributed by atoms with Crippen LogP contribution in [0.3, 0.4) is 0 Å². The van der Waals surface area contributed by atoms with Gasteiger partial charge < -0.3 is 10.6 Å². The molecule has 0 aliphatic rings. The van der Waals surface area contributed by atoms with Gasteiger partial charge in [0.15, 0.2) is 0 Å². The van der Waals surface area contributed by atoms with Crippen LogP contribution in [0.2, 0.25) is 5.02 Å². The quantitative estimate of drug-likeness (QED) is 0.849. The number of halogens is 1. The van der Waals surface area contributed by atoms with Gasteiger partial charge in [-0.25, -0.2) is 0 Å². The molecular weight excluding hydrogens is 284 g/mol. The van der Waals surface area contributed by atoms with Gasteiger partial charge in [-0.15, -0.1) is 0 Å². The number of carbonyl (C=O) groups excluding carboxylic acids is 1. The molecule has 0 bridgehead atoms. The van der Waals surface area contributed by atoms with Crippen molar-refractivity contribution in [1.82, 2.24) is 4.90 Å². The molecular formula is C13H19ClN2O2S. The lowest BCUT2D eigenvalue weighted by atomic mass is 10.3. The molecule has 0 saturated carbocycles. The van der Waals surface area contributed by atoms with E-state index in [1.54, 1.807) is 30.0 Å². The number of anilines is 1. The average Bonchev–Trinajstić information content (AvgIpc) is 2.38. The number of amides is 1. The fraction of sp³-hybridized carbons (Fsp3) is 0.462. The van der Waals surface area contributed by atoms with Crippen molar-refractivity contribution in [2.75, 3.05) is 18.8 Å². The van der Waals surface area contributed by atoms with Crippen LogP contribution in [0.5, 0.6) is 0 Å². The topological polar surface area (TPSA) is 63.4 Å². The fourth-order valence-corrected chi connectivity index (χ4v) is 3.16. The van der Waals surface area contributed by atoms with Gasteiger partial charge >= 0.3 is 0 Å². The smallest absolute Gasteiger partial charge is 0.238 e. The summed E-state index contributed by atoms with van der Waals surface area (Å²) in [6, 6.07) is 4.78. The van der Waals surface area contributed by atoms with Crippen LogP contribution in [0.15, 0.2) is 23.1 Å². The Bertz CT molecular complexity index is 490. The molecule has 2 atom stereocenters. The van der Waals surface area contributed by atoms with E-state index in [-0.39, 0.29) is 5.91 Å². The molecule has 0 spiro atoms. The first-order valence-corrected chi connectivity index (χ1v) is 7.75. The molecule has 4 nitrogen and oxygen atoms in total. The highest BCUT2D eigenvalue weighted by Gasteiger charge is 2.26. The lowest BCUT2D eigenvalue weighted by Crippen LogP contribution is -2.39. The minimum atomic E-state index is -1.48. The van der Waals surface area contributed by atoms with Gasteiger partial charge in [0.2, 0.25) is 5.91 Å². The van der Waals surface area contributed by atoms with Crippen LogP contribution in [0, 0.1) is 0 Å². The molecule has 2 N–H and O–H groups in total. The molecule has 1 aromatic rings. The van der Waals surface area contributed by atoms with E-state index in [1.165, 1.54) is 0 Å². The molecule has 1 aromatic carbocycles. The second kappa shape index (κ2) is 6.91. The lowest BCUT2D eigenvalue weighted by molar-refractivity contribution is -0.129. The number of benzene rings is 1. The first kappa shape index (κ1) is 16.0. The summed E-state index contributed by atoms with van der Waals surface area (Å²) in [5, 5.41) is -0.135. The van der Waals surface area contributed by atoms with E-state index in [4.69, 9.17) is 17.3 Å². The Kier molecular flexibility index (Phi) is 5.82. The maximum absolute atomic E-state index is 12.4. The van der Waals surface area contributed by atoms with Crippen molar-refractivity contribution in [3.05, 3.63) is 23.2 Å². The molecule has 1 rings (SSSR count). The molecule has 2 unspecified atom stereocenters. The van der Waals surface area contributed by atoms with Crippen LogP contribution in [0.1, 0.15) is 20.8 Å².